The van der Waals surface area contributed by atoms with Crippen LogP contribution in [0.5, 0.6) is 11.5 Å². The molecule has 0 unspecified atom stereocenters. The van der Waals surface area contributed by atoms with Gasteiger partial charge in [0.05, 0.1) is 24.8 Å². The third-order valence-electron chi connectivity index (χ3n) is 5.68. The molecule has 7 nitrogen and oxygen atoms in total. The zero-order chi connectivity index (χ0) is 25.8. The Balaban J connectivity index is 1.99. The van der Waals surface area contributed by atoms with Crippen molar-refractivity contribution in [2.45, 2.75) is 32.2 Å². The minimum atomic E-state index is -4.10. The average Bonchev–Trinajstić information content (AvgIpc) is 2.82. The van der Waals surface area contributed by atoms with Gasteiger partial charge in [0.25, 0.3) is 10.0 Å². The summed E-state index contributed by atoms with van der Waals surface area (Å²) in [7, 11) is 0.496. The van der Waals surface area contributed by atoms with E-state index in [9.17, 15) is 13.2 Å². The molecule has 0 spiro atoms. The van der Waals surface area contributed by atoms with Crippen molar-refractivity contribution in [3.8, 4) is 11.5 Å². The van der Waals surface area contributed by atoms with Crippen LogP contribution in [-0.4, -0.2) is 47.0 Å². The van der Waals surface area contributed by atoms with E-state index in [1.807, 2.05) is 51.1 Å². The second kappa shape index (κ2) is 10.8. The molecule has 0 heterocycles. The molecule has 0 saturated heterocycles. The van der Waals surface area contributed by atoms with Gasteiger partial charge in [-0.1, -0.05) is 35.9 Å². The Morgan fingerprint density at radius 2 is 1.40 bits per heavy atom. The molecular formula is C27H32N2O5S. The van der Waals surface area contributed by atoms with E-state index in [-0.39, 0.29) is 23.1 Å². The maximum Gasteiger partial charge on any atom is 0.264 e. The lowest BCUT2D eigenvalue weighted by atomic mass is 10.1. The van der Waals surface area contributed by atoms with E-state index in [0.29, 0.717) is 18.0 Å². The van der Waals surface area contributed by atoms with E-state index in [1.165, 1.54) is 37.3 Å². The average molecular weight is 497 g/mol. The van der Waals surface area contributed by atoms with E-state index in [2.05, 4.69) is 0 Å². The maximum absolute atomic E-state index is 13.8. The van der Waals surface area contributed by atoms with Crippen molar-refractivity contribution in [3.63, 3.8) is 0 Å². The highest BCUT2D eigenvalue weighted by Crippen LogP contribution is 2.32. The van der Waals surface area contributed by atoms with Crippen LogP contribution in [0.3, 0.4) is 0 Å². The highest BCUT2D eigenvalue weighted by molar-refractivity contribution is 7.92. The van der Waals surface area contributed by atoms with Crippen molar-refractivity contribution in [2.75, 3.05) is 32.1 Å². The standard InChI is InChI=1S/C27H32N2O5S/c1-19-7-9-22(10-8-19)17-28(4)27(30)18-29(23-14-20(2)13-21(3)15-23)35(31,32)24-11-12-25(33-5)26(16-24)34-6/h7-16H,17-18H2,1-6H3. The van der Waals surface area contributed by atoms with Gasteiger partial charge in [-0.15, -0.1) is 0 Å². The number of ether oxygens (including phenoxy) is 2. The number of anilines is 1. The lowest BCUT2D eigenvalue weighted by Gasteiger charge is -2.27. The SMILES string of the molecule is COc1ccc(S(=O)(=O)N(CC(=O)N(C)Cc2ccc(C)cc2)c2cc(C)cc(C)c2)cc1OC. The van der Waals surface area contributed by atoms with E-state index < -0.39 is 10.0 Å². The Bertz CT molecular complexity index is 1280. The molecule has 0 aromatic heterocycles. The normalized spacial score (nSPS) is 11.1. The van der Waals surface area contributed by atoms with Crippen LogP contribution in [0.1, 0.15) is 22.3 Å². The quantitative estimate of drug-likeness (QED) is 0.437. The van der Waals surface area contributed by atoms with Crippen LogP contribution in [-0.2, 0) is 21.4 Å². The summed E-state index contributed by atoms with van der Waals surface area (Å²) < 4.78 is 39.4. The first-order chi connectivity index (χ1) is 16.5. The van der Waals surface area contributed by atoms with Gasteiger partial charge in [-0.2, -0.15) is 0 Å². The summed E-state index contributed by atoms with van der Waals surface area (Å²) in [4.78, 5) is 14.8. The van der Waals surface area contributed by atoms with Crippen LogP contribution in [0.15, 0.2) is 65.6 Å². The number of rotatable bonds is 9. The first-order valence-electron chi connectivity index (χ1n) is 11.2. The number of amides is 1. The summed E-state index contributed by atoms with van der Waals surface area (Å²) in [5.41, 5.74) is 4.31. The van der Waals surface area contributed by atoms with Gasteiger partial charge in [-0.3, -0.25) is 9.10 Å². The van der Waals surface area contributed by atoms with Crippen LogP contribution in [0.2, 0.25) is 0 Å². The molecule has 0 saturated carbocycles. The fourth-order valence-corrected chi connectivity index (χ4v) is 5.23. The van der Waals surface area contributed by atoms with Crippen LogP contribution in [0.25, 0.3) is 0 Å². The zero-order valence-electron chi connectivity index (χ0n) is 21.0. The number of carbonyl (C=O) groups excluding carboxylic acids is 1. The molecule has 0 fully saturated rings. The highest BCUT2D eigenvalue weighted by Gasteiger charge is 2.29. The Morgan fingerprint density at radius 3 is 1.97 bits per heavy atom. The molecule has 3 aromatic carbocycles. The predicted molar refractivity (Wildman–Crippen MR) is 138 cm³/mol. The highest BCUT2D eigenvalue weighted by atomic mass is 32.2. The number of nitrogens with zero attached hydrogens (tertiary/aromatic N) is 2. The predicted octanol–water partition coefficient (Wildman–Crippen LogP) is 4.48. The van der Waals surface area contributed by atoms with Crippen molar-refractivity contribution in [3.05, 3.63) is 82.9 Å². The summed E-state index contributed by atoms with van der Waals surface area (Å²) in [5.74, 6) is 0.379. The van der Waals surface area contributed by atoms with Crippen LogP contribution >= 0.6 is 0 Å². The topological polar surface area (TPSA) is 76.2 Å². The van der Waals surface area contributed by atoms with Gasteiger partial charge in [0, 0.05) is 19.7 Å². The maximum atomic E-state index is 13.8. The largest absolute Gasteiger partial charge is 0.493 e. The monoisotopic (exact) mass is 496 g/mol. The van der Waals surface area contributed by atoms with Gasteiger partial charge >= 0.3 is 0 Å². The molecule has 0 N–H and O–H groups in total. The molecule has 0 aliphatic heterocycles. The van der Waals surface area contributed by atoms with Crippen molar-refractivity contribution in [1.82, 2.24) is 4.90 Å². The second-order valence-corrected chi connectivity index (χ2v) is 10.5. The Hall–Kier alpha value is -3.52. The Kier molecular flexibility index (Phi) is 8.07. The summed E-state index contributed by atoms with van der Waals surface area (Å²) >= 11 is 0. The third kappa shape index (κ3) is 6.14. The molecule has 0 bridgehead atoms. The summed E-state index contributed by atoms with van der Waals surface area (Å²) in [6.45, 7) is 5.81. The van der Waals surface area contributed by atoms with Gasteiger partial charge in [-0.25, -0.2) is 8.42 Å². The summed E-state index contributed by atoms with van der Waals surface area (Å²) in [5, 5.41) is 0. The number of methoxy groups -OCH3 is 2. The molecule has 0 aliphatic rings. The van der Waals surface area contributed by atoms with Crippen molar-refractivity contribution < 1.29 is 22.7 Å². The number of likely N-dealkylation sites (N-methyl/N-ethyl adjacent to an activating group) is 1. The van der Waals surface area contributed by atoms with Crippen LogP contribution in [0, 0.1) is 20.8 Å². The molecule has 0 atom stereocenters. The number of hydrogen-bond acceptors (Lipinski definition) is 5. The number of benzene rings is 3. The number of carbonyl (C=O) groups is 1. The Morgan fingerprint density at radius 1 is 0.800 bits per heavy atom. The number of aryl methyl sites for hydroxylation is 3. The van der Waals surface area contributed by atoms with E-state index in [4.69, 9.17) is 9.47 Å². The molecule has 0 radical (unpaired) electrons. The Labute approximate surface area is 207 Å². The van der Waals surface area contributed by atoms with Crippen molar-refractivity contribution in [2.24, 2.45) is 0 Å². The lowest BCUT2D eigenvalue weighted by Crippen LogP contribution is -2.41. The second-order valence-electron chi connectivity index (χ2n) is 8.61. The molecule has 1 amide bonds. The fourth-order valence-electron chi connectivity index (χ4n) is 3.81. The first-order valence-corrected chi connectivity index (χ1v) is 12.6. The molecule has 8 heteroatoms. The molecule has 186 valence electrons. The molecule has 3 rings (SSSR count). The molecule has 0 aliphatic carbocycles. The first kappa shape index (κ1) is 26.1. The smallest absolute Gasteiger partial charge is 0.264 e. The van der Waals surface area contributed by atoms with Crippen molar-refractivity contribution >= 4 is 21.6 Å². The summed E-state index contributed by atoms with van der Waals surface area (Å²) in [6.07, 6.45) is 0. The third-order valence-corrected chi connectivity index (χ3v) is 7.45. The van der Waals surface area contributed by atoms with E-state index >= 15 is 0 Å². The van der Waals surface area contributed by atoms with Gasteiger partial charge in [0.1, 0.15) is 6.54 Å². The van der Waals surface area contributed by atoms with E-state index in [0.717, 1.165) is 26.6 Å². The van der Waals surface area contributed by atoms with Gasteiger partial charge in [0.2, 0.25) is 5.91 Å². The van der Waals surface area contributed by atoms with Crippen LogP contribution in [0.4, 0.5) is 5.69 Å². The number of hydrogen-bond donors (Lipinski definition) is 0. The fraction of sp³-hybridized carbons (Fsp3) is 0.296. The van der Waals surface area contributed by atoms with Crippen LogP contribution < -0.4 is 13.8 Å². The van der Waals surface area contributed by atoms with Gasteiger partial charge < -0.3 is 14.4 Å². The molecular weight excluding hydrogens is 464 g/mol. The molecule has 3 aromatic rings. The van der Waals surface area contributed by atoms with Gasteiger partial charge in [-0.05, 0) is 61.7 Å². The molecule has 35 heavy (non-hydrogen) atoms. The summed E-state index contributed by atoms with van der Waals surface area (Å²) in [6, 6.07) is 17.8. The minimum absolute atomic E-state index is 0.00305. The van der Waals surface area contributed by atoms with Gasteiger partial charge in [0.15, 0.2) is 11.5 Å². The lowest BCUT2D eigenvalue weighted by molar-refractivity contribution is -0.128. The minimum Gasteiger partial charge on any atom is -0.493 e. The van der Waals surface area contributed by atoms with E-state index in [1.54, 1.807) is 19.2 Å². The number of sulfonamides is 1. The zero-order valence-corrected chi connectivity index (χ0v) is 21.8. The van der Waals surface area contributed by atoms with Crippen molar-refractivity contribution in [1.29, 1.82) is 0 Å².